The maximum absolute atomic E-state index is 12.8. The summed E-state index contributed by atoms with van der Waals surface area (Å²) in [5.74, 6) is 0.834. The molecule has 3 nitrogen and oxygen atoms in total. The van der Waals surface area contributed by atoms with Crippen molar-refractivity contribution in [3.63, 3.8) is 0 Å². The first-order valence-corrected chi connectivity index (χ1v) is 8.40. The van der Waals surface area contributed by atoms with Crippen LogP contribution in [0.3, 0.4) is 0 Å². The molecule has 1 amide bonds. The number of rotatable bonds is 4. The van der Waals surface area contributed by atoms with Crippen LogP contribution in [-0.4, -0.2) is 22.9 Å². The molecular formula is C16H24N2OS. The van der Waals surface area contributed by atoms with Gasteiger partial charge >= 0.3 is 0 Å². The Hall–Kier alpha value is -0.870. The second kappa shape index (κ2) is 4.85. The molecule has 0 radical (unpaired) electrons. The lowest BCUT2D eigenvalue weighted by molar-refractivity contribution is -0.131. The van der Waals surface area contributed by atoms with Gasteiger partial charge in [-0.3, -0.25) is 10.1 Å². The summed E-state index contributed by atoms with van der Waals surface area (Å²) in [5.41, 5.74) is 0.277. The van der Waals surface area contributed by atoms with E-state index < -0.39 is 0 Å². The van der Waals surface area contributed by atoms with Crippen molar-refractivity contribution in [3.8, 4) is 0 Å². The number of thiophene rings is 1. The van der Waals surface area contributed by atoms with Crippen molar-refractivity contribution in [2.45, 2.75) is 58.8 Å². The monoisotopic (exact) mass is 292 g/mol. The summed E-state index contributed by atoms with van der Waals surface area (Å²) in [6.07, 6.45) is 2.12. The van der Waals surface area contributed by atoms with Gasteiger partial charge in [0.05, 0.1) is 6.04 Å². The predicted octanol–water partition coefficient (Wildman–Crippen LogP) is 3.39. The Kier molecular flexibility index (Phi) is 3.41. The van der Waals surface area contributed by atoms with Gasteiger partial charge in [-0.1, -0.05) is 33.8 Å². The van der Waals surface area contributed by atoms with Crippen LogP contribution in [0.1, 0.15) is 51.6 Å². The molecule has 1 N–H and O–H groups in total. The van der Waals surface area contributed by atoms with Gasteiger partial charge in [-0.15, -0.1) is 11.3 Å². The first-order valence-electron chi connectivity index (χ1n) is 7.52. The van der Waals surface area contributed by atoms with Gasteiger partial charge in [0.25, 0.3) is 0 Å². The molecule has 1 aliphatic heterocycles. The molecule has 110 valence electrons. The third-order valence-corrected chi connectivity index (χ3v) is 5.43. The molecule has 2 fully saturated rings. The fourth-order valence-electron chi connectivity index (χ4n) is 3.20. The van der Waals surface area contributed by atoms with E-state index in [4.69, 9.17) is 0 Å². The van der Waals surface area contributed by atoms with E-state index in [2.05, 4.69) is 55.4 Å². The Bertz CT molecular complexity index is 495. The van der Waals surface area contributed by atoms with Crippen LogP contribution in [0.2, 0.25) is 0 Å². The highest BCUT2D eigenvalue weighted by Crippen LogP contribution is 2.52. The van der Waals surface area contributed by atoms with Gasteiger partial charge in [0.2, 0.25) is 5.91 Å². The van der Waals surface area contributed by atoms with Crippen molar-refractivity contribution in [1.29, 1.82) is 0 Å². The Morgan fingerprint density at radius 3 is 2.70 bits per heavy atom. The fraction of sp³-hybridized carbons (Fsp3) is 0.688. The predicted molar refractivity (Wildman–Crippen MR) is 82.5 cm³/mol. The van der Waals surface area contributed by atoms with E-state index in [0.717, 1.165) is 12.8 Å². The van der Waals surface area contributed by atoms with Crippen LogP contribution < -0.4 is 5.32 Å². The lowest BCUT2D eigenvalue weighted by Crippen LogP contribution is -2.35. The molecule has 3 rings (SSSR count). The number of hydrogen-bond donors (Lipinski definition) is 1. The van der Waals surface area contributed by atoms with Crippen LogP contribution in [0.4, 0.5) is 0 Å². The summed E-state index contributed by atoms with van der Waals surface area (Å²) in [6.45, 7) is 8.87. The first kappa shape index (κ1) is 14.1. The van der Waals surface area contributed by atoms with E-state index in [-0.39, 0.29) is 17.6 Å². The molecule has 1 saturated heterocycles. The van der Waals surface area contributed by atoms with E-state index in [9.17, 15) is 4.79 Å². The second-order valence-electron chi connectivity index (χ2n) is 7.22. The molecule has 1 aliphatic carbocycles. The highest BCUT2D eigenvalue weighted by atomic mass is 32.1. The van der Waals surface area contributed by atoms with Gasteiger partial charge in [0.15, 0.2) is 0 Å². The Labute approximate surface area is 125 Å². The van der Waals surface area contributed by atoms with Gasteiger partial charge in [0, 0.05) is 10.9 Å². The van der Waals surface area contributed by atoms with Gasteiger partial charge in [-0.2, -0.15) is 0 Å². The van der Waals surface area contributed by atoms with Crippen LogP contribution in [0, 0.1) is 11.3 Å². The van der Waals surface area contributed by atoms with Crippen molar-refractivity contribution >= 4 is 17.2 Å². The van der Waals surface area contributed by atoms with Crippen LogP contribution in [0.15, 0.2) is 17.5 Å². The zero-order valence-electron chi connectivity index (χ0n) is 12.7. The minimum absolute atomic E-state index is 0.0153. The summed E-state index contributed by atoms with van der Waals surface area (Å²) < 4.78 is 0. The molecule has 0 aromatic carbocycles. The van der Waals surface area contributed by atoms with E-state index in [1.54, 1.807) is 11.3 Å². The molecule has 1 aromatic rings. The number of carbonyl (C=O) groups excluding carboxylic acids is 1. The standard InChI is InChI=1S/C16H24N2OS/c1-10(2)8-11-15(19)18(13-9-16(13,3)4)14(17-11)12-6-5-7-20-12/h5-7,10-11,13-14,17H,8-9H2,1-4H3. The zero-order chi connectivity index (χ0) is 14.5. The van der Waals surface area contributed by atoms with E-state index >= 15 is 0 Å². The molecular weight excluding hydrogens is 268 g/mol. The second-order valence-corrected chi connectivity index (χ2v) is 8.20. The zero-order valence-corrected chi connectivity index (χ0v) is 13.5. The number of nitrogens with zero attached hydrogens (tertiary/aromatic N) is 1. The lowest BCUT2D eigenvalue weighted by Gasteiger charge is -2.25. The minimum atomic E-state index is -0.0153. The Balaban J connectivity index is 1.85. The lowest BCUT2D eigenvalue weighted by atomic mass is 10.0. The van der Waals surface area contributed by atoms with E-state index in [0.29, 0.717) is 17.9 Å². The highest BCUT2D eigenvalue weighted by Gasteiger charge is 2.56. The quantitative estimate of drug-likeness (QED) is 0.922. The van der Waals surface area contributed by atoms with Crippen LogP contribution >= 0.6 is 11.3 Å². The maximum atomic E-state index is 12.8. The molecule has 2 heterocycles. The molecule has 3 atom stereocenters. The molecule has 3 unspecified atom stereocenters. The van der Waals surface area contributed by atoms with Crippen molar-refractivity contribution in [2.75, 3.05) is 0 Å². The van der Waals surface area contributed by atoms with Gasteiger partial charge in [-0.25, -0.2) is 0 Å². The normalized spacial score (nSPS) is 32.1. The van der Waals surface area contributed by atoms with Crippen molar-refractivity contribution in [1.82, 2.24) is 10.2 Å². The largest absolute Gasteiger partial charge is 0.317 e. The van der Waals surface area contributed by atoms with Crippen molar-refractivity contribution in [2.24, 2.45) is 11.3 Å². The third kappa shape index (κ3) is 2.40. The molecule has 1 aromatic heterocycles. The number of nitrogens with one attached hydrogen (secondary N) is 1. The van der Waals surface area contributed by atoms with Gasteiger partial charge in [0.1, 0.15) is 6.17 Å². The van der Waals surface area contributed by atoms with Crippen molar-refractivity contribution < 1.29 is 4.79 Å². The summed E-state index contributed by atoms with van der Waals surface area (Å²) in [5, 5.41) is 5.66. The molecule has 0 spiro atoms. The van der Waals surface area contributed by atoms with Crippen LogP contribution in [0.25, 0.3) is 0 Å². The topological polar surface area (TPSA) is 32.3 Å². The fourth-order valence-corrected chi connectivity index (χ4v) is 3.99. The van der Waals surface area contributed by atoms with E-state index in [1.165, 1.54) is 4.88 Å². The number of amides is 1. The molecule has 2 aliphatic rings. The first-order chi connectivity index (χ1) is 9.40. The molecule has 0 bridgehead atoms. The molecule has 4 heteroatoms. The minimum Gasteiger partial charge on any atom is -0.317 e. The average molecular weight is 292 g/mol. The third-order valence-electron chi connectivity index (χ3n) is 4.51. The average Bonchev–Trinajstić information content (AvgIpc) is 2.77. The summed E-state index contributed by atoms with van der Waals surface area (Å²) in [7, 11) is 0. The summed E-state index contributed by atoms with van der Waals surface area (Å²) in [6, 6.07) is 4.58. The molecule has 1 saturated carbocycles. The van der Waals surface area contributed by atoms with Gasteiger partial charge < -0.3 is 4.90 Å². The van der Waals surface area contributed by atoms with Crippen LogP contribution in [-0.2, 0) is 4.79 Å². The maximum Gasteiger partial charge on any atom is 0.241 e. The number of carbonyl (C=O) groups is 1. The van der Waals surface area contributed by atoms with Gasteiger partial charge in [-0.05, 0) is 35.6 Å². The number of hydrogen-bond acceptors (Lipinski definition) is 3. The Morgan fingerprint density at radius 2 is 2.20 bits per heavy atom. The SMILES string of the molecule is CC(C)CC1NC(c2cccs2)N(C2CC2(C)C)C1=O. The summed E-state index contributed by atoms with van der Waals surface area (Å²) in [4.78, 5) is 16.2. The summed E-state index contributed by atoms with van der Waals surface area (Å²) >= 11 is 1.74. The smallest absolute Gasteiger partial charge is 0.241 e. The van der Waals surface area contributed by atoms with Crippen LogP contribution in [0.5, 0.6) is 0 Å². The molecule has 20 heavy (non-hydrogen) atoms. The Morgan fingerprint density at radius 1 is 1.50 bits per heavy atom. The van der Waals surface area contributed by atoms with Crippen molar-refractivity contribution in [3.05, 3.63) is 22.4 Å². The highest BCUT2D eigenvalue weighted by molar-refractivity contribution is 7.10. The van der Waals surface area contributed by atoms with E-state index in [1.807, 2.05) is 0 Å².